The molecular weight excluding hydrogens is 482 g/mol. The van der Waals surface area contributed by atoms with Crippen LogP contribution in [0.2, 0.25) is 0 Å². The molecule has 0 spiro atoms. The second-order valence-corrected chi connectivity index (χ2v) is 11.2. The highest BCUT2D eigenvalue weighted by Gasteiger charge is 2.33. The Bertz CT molecular complexity index is 1450. The van der Waals surface area contributed by atoms with Gasteiger partial charge in [-0.05, 0) is 48.4 Å². The molecule has 1 aliphatic heterocycles. The molecule has 8 nitrogen and oxygen atoms in total. The van der Waals surface area contributed by atoms with E-state index in [0.717, 1.165) is 31.7 Å². The summed E-state index contributed by atoms with van der Waals surface area (Å²) in [6, 6.07) is 9.18. The predicted molar refractivity (Wildman–Crippen MR) is 147 cm³/mol. The molecule has 3 heterocycles. The number of phenolic OH excluding ortho intramolecular Hbond substituents is 1. The van der Waals surface area contributed by atoms with Gasteiger partial charge in [-0.3, -0.25) is 9.88 Å². The van der Waals surface area contributed by atoms with Crippen molar-refractivity contribution >= 4 is 27.7 Å². The summed E-state index contributed by atoms with van der Waals surface area (Å²) in [5, 5.41) is 13.9. The van der Waals surface area contributed by atoms with Gasteiger partial charge in [-0.15, -0.1) is 0 Å². The van der Waals surface area contributed by atoms with Gasteiger partial charge >= 0.3 is 5.97 Å². The van der Waals surface area contributed by atoms with Gasteiger partial charge in [-0.2, -0.15) is 0 Å². The highest BCUT2D eigenvalue weighted by Crippen LogP contribution is 2.47. The van der Waals surface area contributed by atoms with Gasteiger partial charge in [0.25, 0.3) is 0 Å². The zero-order valence-electron chi connectivity index (χ0n) is 22.7. The fraction of sp³-hybridized carbons (Fsp3) is 0.400. The number of furan rings is 1. The Hall–Kier alpha value is -3.62. The van der Waals surface area contributed by atoms with E-state index < -0.39 is 5.97 Å². The van der Waals surface area contributed by atoms with E-state index >= 15 is 0 Å². The smallest absolute Gasteiger partial charge is 0.341 e. The standard InChI is InChI=1S/C30H35N3O5/c1-30(2,3)18-38-20-6-7-21-22(16-20)27(34)25(24-23(29(35)36-5)17-37-28(21)24)26(19-8-10-31-11-9-19)33-14-12-32(4)13-15-33/h6-11,16-17,26,34H,12-15,18H2,1-5H3. The number of aromatic hydroxyl groups is 1. The number of benzene rings is 2. The molecule has 8 heteroatoms. The van der Waals surface area contributed by atoms with Crippen LogP contribution in [-0.4, -0.2) is 72.8 Å². The van der Waals surface area contributed by atoms with Gasteiger partial charge in [0.05, 0.1) is 19.8 Å². The van der Waals surface area contributed by atoms with E-state index in [1.807, 2.05) is 30.3 Å². The van der Waals surface area contributed by atoms with E-state index in [2.05, 4.69) is 42.6 Å². The number of hydrogen-bond donors (Lipinski definition) is 1. The SMILES string of the molecule is COC(=O)c1coc2c1c(C(c1ccncc1)N1CCN(C)CC1)c(O)c1cc(OCC(C)(C)C)ccc12. The molecule has 0 radical (unpaired) electrons. The molecule has 1 atom stereocenters. The average molecular weight is 518 g/mol. The van der Waals surface area contributed by atoms with Crippen LogP contribution in [-0.2, 0) is 4.74 Å². The quantitative estimate of drug-likeness (QED) is 0.348. The minimum atomic E-state index is -0.513. The average Bonchev–Trinajstić information content (AvgIpc) is 3.35. The van der Waals surface area contributed by atoms with E-state index in [9.17, 15) is 9.90 Å². The summed E-state index contributed by atoms with van der Waals surface area (Å²) in [4.78, 5) is 21.7. The molecule has 2 aromatic heterocycles. The molecule has 1 fully saturated rings. The molecule has 2 aromatic carbocycles. The molecule has 0 saturated carbocycles. The van der Waals surface area contributed by atoms with Crippen molar-refractivity contribution in [2.75, 3.05) is 46.9 Å². The Balaban J connectivity index is 1.79. The van der Waals surface area contributed by atoms with Gasteiger partial charge in [0.2, 0.25) is 0 Å². The van der Waals surface area contributed by atoms with Gasteiger partial charge in [0.1, 0.15) is 28.9 Å². The second-order valence-electron chi connectivity index (χ2n) is 11.2. The van der Waals surface area contributed by atoms with Crippen LogP contribution in [0.3, 0.4) is 0 Å². The third-order valence-electron chi connectivity index (χ3n) is 7.08. The summed E-state index contributed by atoms with van der Waals surface area (Å²) in [7, 11) is 3.45. The molecule has 0 amide bonds. The largest absolute Gasteiger partial charge is 0.507 e. The number of aromatic nitrogens is 1. The first-order valence-electron chi connectivity index (χ1n) is 12.9. The Morgan fingerprint density at radius 3 is 2.47 bits per heavy atom. The lowest BCUT2D eigenvalue weighted by molar-refractivity contribution is 0.0601. The number of carbonyl (C=O) groups is 1. The fourth-order valence-corrected chi connectivity index (χ4v) is 5.11. The molecule has 1 unspecified atom stereocenters. The van der Waals surface area contributed by atoms with Crippen LogP contribution in [0.4, 0.5) is 0 Å². The van der Waals surface area contributed by atoms with Gasteiger partial charge in [0.15, 0.2) is 0 Å². The predicted octanol–water partition coefficient (Wildman–Crippen LogP) is 5.23. The van der Waals surface area contributed by atoms with E-state index in [-0.39, 0.29) is 22.8 Å². The number of phenols is 1. The van der Waals surface area contributed by atoms with Crippen molar-refractivity contribution in [2.45, 2.75) is 26.8 Å². The highest BCUT2D eigenvalue weighted by atomic mass is 16.5. The summed E-state index contributed by atoms with van der Waals surface area (Å²) >= 11 is 0. The van der Waals surface area contributed by atoms with Gasteiger partial charge < -0.3 is 23.9 Å². The van der Waals surface area contributed by atoms with Crippen molar-refractivity contribution in [1.29, 1.82) is 0 Å². The van der Waals surface area contributed by atoms with Gasteiger partial charge in [-0.1, -0.05) is 20.8 Å². The first kappa shape index (κ1) is 26.0. The molecule has 4 aromatic rings. The second kappa shape index (κ2) is 10.3. The lowest BCUT2D eigenvalue weighted by atomic mass is 9.89. The molecule has 1 saturated heterocycles. The number of piperazine rings is 1. The molecular formula is C30H35N3O5. The van der Waals surface area contributed by atoms with Crippen molar-refractivity contribution < 1.29 is 23.8 Å². The molecule has 200 valence electrons. The third kappa shape index (κ3) is 4.93. The minimum Gasteiger partial charge on any atom is -0.507 e. The molecule has 5 rings (SSSR count). The molecule has 0 aliphatic carbocycles. The van der Waals surface area contributed by atoms with Crippen molar-refractivity contribution in [3.8, 4) is 11.5 Å². The number of ether oxygens (including phenoxy) is 2. The van der Waals surface area contributed by atoms with E-state index in [4.69, 9.17) is 13.9 Å². The summed E-state index contributed by atoms with van der Waals surface area (Å²) < 4.78 is 17.2. The number of methoxy groups -OCH3 is 1. The maximum absolute atomic E-state index is 12.9. The maximum Gasteiger partial charge on any atom is 0.341 e. The number of pyridine rings is 1. The zero-order valence-corrected chi connectivity index (χ0v) is 22.7. The van der Waals surface area contributed by atoms with Crippen LogP contribution >= 0.6 is 0 Å². The van der Waals surface area contributed by atoms with Crippen molar-refractivity contribution in [3.05, 3.63) is 65.7 Å². The van der Waals surface area contributed by atoms with Crippen molar-refractivity contribution in [1.82, 2.24) is 14.8 Å². The number of rotatable bonds is 6. The molecule has 0 bridgehead atoms. The first-order chi connectivity index (χ1) is 18.2. The number of carbonyl (C=O) groups excluding carboxylic acids is 1. The highest BCUT2D eigenvalue weighted by molar-refractivity contribution is 6.16. The lowest BCUT2D eigenvalue weighted by Gasteiger charge is -2.39. The molecule has 1 aliphatic rings. The Kier molecular flexibility index (Phi) is 7.03. The van der Waals surface area contributed by atoms with E-state index in [1.54, 1.807) is 12.4 Å². The monoisotopic (exact) mass is 517 g/mol. The Morgan fingerprint density at radius 1 is 1.11 bits per heavy atom. The fourth-order valence-electron chi connectivity index (χ4n) is 5.11. The third-order valence-corrected chi connectivity index (χ3v) is 7.08. The van der Waals surface area contributed by atoms with Crippen LogP contribution in [0.1, 0.15) is 48.3 Å². The van der Waals surface area contributed by atoms with Crippen LogP contribution in [0.5, 0.6) is 11.5 Å². The number of likely N-dealkylation sites (N-methyl/N-ethyl adjacent to an activating group) is 1. The minimum absolute atomic E-state index is 0.0175. The Labute approximate surface area is 222 Å². The first-order valence-corrected chi connectivity index (χ1v) is 12.9. The topological polar surface area (TPSA) is 88.3 Å². The van der Waals surface area contributed by atoms with E-state index in [1.165, 1.54) is 13.4 Å². The summed E-state index contributed by atoms with van der Waals surface area (Å²) in [5.74, 6) is 0.245. The van der Waals surface area contributed by atoms with Gasteiger partial charge in [-0.25, -0.2) is 4.79 Å². The molecule has 1 N–H and O–H groups in total. The van der Waals surface area contributed by atoms with Crippen LogP contribution in [0.25, 0.3) is 21.7 Å². The van der Waals surface area contributed by atoms with Crippen molar-refractivity contribution in [3.63, 3.8) is 0 Å². The summed E-state index contributed by atoms with van der Waals surface area (Å²) in [5.41, 5.74) is 2.39. The van der Waals surface area contributed by atoms with Crippen molar-refractivity contribution in [2.24, 2.45) is 5.41 Å². The molecule has 38 heavy (non-hydrogen) atoms. The summed E-state index contributed by atoms with van der Waals surface area (Å²) in [6.45, 7) is 10.2. The number of hydrogen-bond acceptors (Lipinski definition) is 8. The van der Waals surface area contributed by atoms with Crippen LogP contribution in [0.15, 0.2) is 53.4 Å². The summed E-state index contributed by atoms with van der Waals surface area (Å²) in [6.07, 6.45) is 4.93. The Morgan fingerprint density at radius 2 is 1.82 bits per heavy atom. The van der Waals surface area contributed by atoms with E-state index in [0.29, 0.717) is 39.7 Å². The van der Waals surface area contributed by atoms with Crippen LogP contribution < -0.4 is 4.74 Å². The van der Waals surface area contributed by atoms with Crippen LogP contribution in [0, 0.1) is 5.41 Å². The maximum atomic E-state index is 12.9. The normalized spacial score (nSPS) is 16.1. The lowest BCUT2D eigenvalue weighted by Crippen LogP contribution is -2.46. The number of esters is 1. The van der Waals surface area contributed by atoms with Gasteiger partial charge in [0, 0.05) is 60.3 Å². The number of nitrogens with zero attached hydrogens (tertiary/aromatic N) is 3. The zero-order chi connectivity index (χ0) is 27.0. The number of fused-ring (bicyclic) bond motifs is 3.